The van der Waals surface area contributed by atoms with Gasteiger partial charge in [-0.1, -0.05) is 12.1 Å². The summed E-state index contributed by atoms with van der Waals surface area (Å²) in [6.45, 7) is 2.82. The van der Waals surface area contributed by atoms with E-state index < -0.39 is 0 Å². The lowest BCUT2D eigenvalue weighted by atomic mass is 10.1. The number of thiophene rings is 1. The Bertz CT molecular complexity index is 722. The molecule has 1 aromatic carbocycles. The van der Waals surface area contributed by atoms with E-state index in [1.807, 2.05) is 0 Å². The van der Waals surface area contributed by atoms with Crippen LogP contribution in [-0.4, -0.2) is 16.5 Å². The average molecular weight is 287 g/mol. The Balaban J connectivity index is 1.69. The lowest BCUT2D eigenvalue weighted by Gasteiger charge is -2.06. The fourth-order valence-corrected chi connectivity index (χ4v) is 2.94. The number of hydrogen-bond acceptors (Lipinski definition) is 4. The van der Waals surface area contributed by atoms with E-state index >= 15 is 0 Å². The molecule has 0 atom stereocenters. The second kappa shape index (κ2) is 5.54. The molecule has 20 heavy (non-hydrogen) atoms. The predicted octanol–water partition coefficient (Wildman–Crippen LogP) is 3.79. The standard InChI is InChI=1S/C15H14FN3S/c1-10-8-13-14(18-9-19-15(13)20-10)17-7-6-11-2-4-12(16)5-3-11/h2-5,8-9H,6-7H2,1H3,(H,17,18,19). The van der Waals surface area contributed by atoms with Crippen LogP contribution in [0.1, 0.15) is 10.4 Å². The largest absolute Gasteiger partial charge is 0.369 e. The maximum Gasteiger partial charge on any atom is 0.138 e. The molecule has 0 spiro atoms. The number of halogens is 1. The van der Waals surface area contributed by atoms with Crippen molar-refractivity contribution in [2.24, 2.45) is 0 Å². The minimum absolute atomic E-state index is 0.201. The van der Waals surface area contributed by atoms with Crippen molar-refractivity contribution >= 4 is 27.4 Å². The SMILES string of the molecule is Cc1cc2c(NCCc3ccc(F)cc3)ncnc2s1. The molecular weight excluding hydrogens is 273 g/mol. The summed E-state index contributed by atoms with van der Waals surface area (Å²) in [4.78, 5) is 10.8. The Labute approximate surface area is 120 Å². The Morgan fingerprint density at radius 3 is 2.80 bits per heavy atom. The number of benzene rings is 1. The van der Waals surface area contributed by atoms with Crippen LogP contribution in [0.15, 0.2) is 36.7 Å². The Morgan fingerprint density at radius 2 is 2.00 bits per heavy atom. The highest BCUT2D eigenvalue weighted by atomic mass is 32.1. The first kappa shape index (κ1) is 13.0. The van der Waals surface area contributed by atoms with Crippen LogP contribution in [0.3, 0.4) is 0 Å². The molecule has 3 aromatic rings. The monoisotopic (exact) mass is 287 g/mol. The first-order valence-corrected chi connectivity index (χ1v) is 7.23. The van der Waals surface area contributed by atoms with Gasteiger partial charge in [0.1, 0.15) is 22.8 Å². The molecule has 0 radical (unpaired) electrons. The molecule has 0 fully saturated rings. The van der Waals surface area contributed by atoms with Crippen LogP contribution in [0.2, 0.25) is 0 Å². The number of anilines is 1. The molecule has 2 heterocycles. The van der Waals surface area contributed by atoms with Crippen LogP contribution in [0.25, 0.3) is 10.2 Å². The zero-order chi connectivity index (χ0) is 13.9. The molecular formula is C15H14FN3S. The van der Waals surface area contributed by atoms with Crippen molar-refractivity contribution < 1.29 is 4.39 Å². The van der Waals surface area contributed by atoms with Gasteiger partial charge in [0.2, 0.25) is 0 Å². The van der Waals surface area contributed by atoms with E-state index in [2.05, 4.69) is 28.3 Å². The fraction of sp³-hybridized carbons (Fsp3) is 0.200. The van der Waals surface area contributed by atoms with E-state index in [4.69, 9.17) is 0 Å². The van der Waals surface area contributed by atoms with Crippen molar-refractivity contribution in [2.75, 3.05) is 11.9 Å². The highest BCUT2D eigenvalue weighted by Gasteiger charge is 2.06. The number of nitrogens with zero attached hydrogens (tertiary/aromatic N) is 2. The predicted molar refractivity (Wildman–Crippen MR) is 80.7 cm³/mol. The molecule has 0 aliphatic carbocycles. The molecule has 0 aliphatic rings. The normalized spacial score (nSPS) is 10.9. The van der Waals surface area contributed by atoms with E-state index in [0.29, 0.717) is 0 Å². The molecule has 102 valence electrons. The van der Waals surface area contributed by atoms with Gasteiger partial charge in [-0.3, -0.25) is 0 Å². The molecule has 0 saturated heterocycles. The summed E-state index contributed by atoms with van der Waals surface area (Å²) in [6.07, 6.45) is 2.41. The molecule has 0 aliphatic heterocycles. The number of rotatable bonds is 4. The minimum Gasteiger partial charge on any atom is -0.369 e. The number of hydrogen-bond donors (Lipinski definition) is 1. The van der Waals surface area contributed by atoms with Crippen molar-refractivity contribution in [2.45, 2.75) is 13.3 Å². The lowest BCUT2D eigenvalue weighted by molar-refractivity contribution is 0.627. The van der Waals surface area contributed by atoms with Crippen LogP contribution in [0, 0.1) is 12.7 Å². The van der Waals surface area contributed by atoms with Gasteiger partial charge in [-0.05, 0) is 37.1 Å². The van der Waals surface area contributed by atoms with Gasteiger partial charge < -0.3 is 5.32 Å². The lowest BCUT2D eigenvalue weighted by Crippen LogP contribution is -2.06. The molecule has 0 bridgehead atoms. The fourth-order valence-electron chi connectivity index (χ4n) is 2.09. The van der Waals surface area contributed by atoms with Crippen LogP contribution >= 0.6 is 11.3 Å². The van der Waals surface area contributed by atoms with Gasteiger partial charge in [-0.2, -0.15) is 0 Å². The Hall–Kier alpha value is -2.01. The van der Waals surface area contributed by atoms with E-state index in [1.54, 1.807) is 29.8 Å². The third kappa shape index (κ3) is 2.77. The van der Waals surface area contributed by atoms with Gasteiger partial charge in [0.25, 0.3) is 0 Å². The first-order valence-electron chi connectivity index (χ1n) is 6.42. The molecule has 0 amide bonds. The number of aromatic nitrogens is 2. The van der Waals surface area contributed by atoms with Gasteiger partial charge in [-0.25, -0.2) is 14.4 Å². The van der Waals surface area contributed by atoms with Crippen molar-refractivity contribution in [1.29, 1.82) is 0 Å². The second-order valence-corrected chi connectivity index (χ2v) is 5.84. The molecule has 1 N–H and O–H groups in total. The van der Waals surface area contributed by atoms with E-state index in [0.717, 1.165) is 34.6 Å². The quantitative estimate of drug-likeness (QED) is 0.793. The van der Waals surface area contributed by atoms with Crippen molar-refractivity contribution in [3.8, 4) is 0 Å². The maximum atomic E-state index is 12.8. The summed E-state index contributed by atoms with van der Waals surface area (Å²) in [7, 11) is 0. The van der Waals surface area contributed by atoms with Gasteiger partial charge in [0.05, 0.1) is 5.39 Å². The van der Waals surface area contributed by atoms with Crippen LogP contribution in [0.4, 0.5) is 10.2 Å². The third-order valence-corrected chi connectivity index (χ3v) is 4.03. The highest BCUT2D eigenvalue weighted by molar-refractivity contribution is 7.18. The molecule has 5 heteroatoms. The van der Waals surface area contributed by atoms with Crippen LogP contribution in [-0.2, 0) is 6.42 Å². The second-order valence-electron chi connectivity index (χ2n) is 4.60. The number of nitrogens with one attached hydrogen (secondary N) is 1. The van der Waals surface area contributed by atoms with Crippen LogP contribution in [0.5, 0.6) is 0 Å². The molecule has 3 rings (SSSR count). The summed E-state index contributed by atoms with van der Waals surface area (Å²) in [5.41, 5.74) is 1.10. The summed E-state index contributed by atoms with van der Waals surface area (Å²) in [6, 6.07) is 8.68. The van der Waals surface area contributed by atoms with Crippen molar-refractivity contribution in [1.82, 2.24) is 9.97 Å². The summed E-state index contributed by atoms with van der Waals surface area (Å²) in [5.74, 6) is 0.662. The van der Waals surface area contributed by atoms with Gasteiger partial charge >= 0.3 is 0 Å². The number of aryl methyl sites for hydroxylation is 1. The van der Waals surface area contributed by atoms with E-state index in [9.17, 15) is 4.39 Å². The smallest absolute Gasteiger partial charge is 0.138 e. The van der Waals surface area contributed by atoms with E-state index in [1.165, 1.54) is 17.0 Å². The van der Waals surface area contributed by atoms with Crippen molar-refractivity contribution in [3.05, 3.63) is 52.9 Å². The zero-order valence-electron chi connectivity index (χ0n) is 11.1. The molecule has 3 nitrogen and oxygen atoms in total. The van der Waals surface area contributed by atoms with Gasteiger partial charge in [0, 0.05) is 11.4 Å². The average Bonchev–Trinajstić information content (AvgIpc) is 2.82. The Morgan fingerprint density at radius 1 is 1.20 bits per heavy atom. The zero-order valence-corrected chi connectivity index (χ0v) is 11.9. The summed E-state index contributed by atoms with van der Waals surface area (Å²) >= 11 is 1.66. The minimum atomic E-state index is -0.201. The van der Waals surface area contributed by atoms with Gasteiger partial charge in [-0.15, -0.1) is 11.3 Å². The molecule has 0 saturated carbocycles. The summed E-state index contributed by atoms with van der Waals surface area (Å²) in [5, 5.41) is 4.39. The first-order chi connectivity index (χ1) is 9.72. The topological polar surface area (TPSA) is 37.8 Å². The highest BCUT2D eigenvalue weighted by Crippen LogP contribution is 2.27. The molecule has 2 aromatic heterocycles. The Kier molecular flexibility index (Phi) is 3.60. The maximum absolute atomic E-state index is 12.8. The third-order valence-electron chi connectivity index (χ3n) is 3.07. The van der Waals surface area contributed by atoms with Crippen molar-refractivity contribution in [3.63, 3.8) is 0 Å². The summed E-state index contributed by atoms with van der Waals surface area (Å²) < 4.78 is 12.8. The number of fused-ring (bicyclic) bond motifs is 1. The van der Waals surface area contributed by atoms with Gasteiger partial charge in [0.15, 0.2) is 0 Å². The molecule has 0 unspecified atom stereocenters. The van der Waals surface area contributed by atoms with E-state index in [-0.39, 0.29) is 5.82 Å². The van der Waals surface area contributed by atoms with Crippen LogP contribution < -0.4 is 5.32 Å².